The average Bonchev–Trinajstić information content (AvgIpc) is 2.39. The molecule has 0 saturated carbocycles. The van der Waals surface area contributed by atoms with Crippen molar-refractivity contribution in [1.82, 2.24) is 0 Å². The van der Waals surface area contributed by atoms with Gasteiger partial charge in [-0.25, -0.2) is 0 Å². The van der Waals surface area contributed by atoms with Crippen molar-refractivity contribution < 1.29 is 20.1 Å². The Hall–Kier alpha value is -1.07. The Balaban J connectivity index is 0.00000180. The Morgan fingerprint density at radius 1 is 1.05 bits per heavy atom. The maximum absolute atomic E-state index is 10.8. The molecule has 0 heterocycles. The maximum Gasteiger partial charge on any atom is 2.00 e. The Morgan fingerprint density at radius 3 is 2.25 bits per heavy atom. The van der Waals surface area contributed by atoms with Crippen molar-refractivity contribution in [3.8, 4) is 11.5 Å². The molecule has 0 aliphatic heterocycles. The van der Waals surface area contributed by atoms with Crippen LogP contribution < -0.4 is 9.84 Å². The van der Waals surface area contributed by atoms with Gasteiger partial charge >= 0.3 is 37.7 Å². The molecule has 1 atom stereocenters. The van der Waals surface area contributed by atoms with Crippen LogP contribution in [0.5, 0.6) is 11.5 Å². The van der Waals surface area contributed by atoms with Gasteiger partial charge in [0.2, 0.25) is 0 Å². The zero-order chi connectivity index (χ0) is 13.0. The summed E-state index contributed by atoms with van der Waals surface area (Å²) in [7, 11) is 0. The molecule has 2 aromatic carbocycles. The number of ether oxygens (including phenoxy) is 1. The largest absolute Gasteiger partial charge is 2.00 e. The third kappa shape index (κ3) is 5.13. The number of hydrogen-bond acceptors (Lipinski definition) is 3. The molecule has 5 heteroatoms. The van der Waals surface area contributed by atoms with Crippen LogP contribution in [0.15, 0.2) is 54.6 Å². The Morgan fingerprint density at radius 2 is 1.65 bits per heavy atom. The third-order valence-corrected chi connectivity index (χ3v) is 2.69. The zero-order valence-electron chi connectivity index (χ0n) is 11.2. The monoisotopic (exact) mass is 299 g/mol. The number of carbonyl (C=O) groups is 1. The number of para-hydroxylation sites is 1. The van der Waals surface area contributed by atoms with Gasteiger partial charge in [0.15, 0.2) is 0 Å². The van der Waals surface area contributed by atoms with E-state index in [4.69, 9.17) is 4.74 Å². The van der Waals surface area contributed by atoms with E-state index < -0.39 is 11.9 Å². The minimum atomic E-state index is -1.09. The SMILES string of the molecule is CC(C(=O)[O-])c1cccc(Oc2ccccc2)c1.O.[Ca+2]. The summed E-state index contributed by atoms with van der Waals surface area (Å²) in [4.78, 5) is 10.8. The van der Waals surface area contributed by atoms with E-state index in [9.17, 15) is 9.90 Å². The normalized spacial score (nSPS) is 10.7. The van der Waals surface area contributed by atoms with Gasteiger partial charge in [0.1, 0.15) is 11.5 Å². The van der Waals surface area contributed by atoms with Gasteiger partial charge in [0.25, 0.3) is 0 Å². The first kappa shape index (κ1) is 18.9. The number of carboxylic acid groups (broad SMARTS) is 1. The fraction of sp³-hybridized carbons (Fsp3) is 0.133. The molecule has 100 valence electrons. The molecule has 0 aliphatic rings. The van der Waals surface area contributed by atoms with Gasteiger partial charge in [-0.05, 0) is 29.8 Å². The summed E-state index contributed by atoms with van der Waals surface area (Å²) in [6.45, 7) is 1.59. The van der Waals surface area contributed by atoms with Crippen molar-refractivity contribution in [1.29, 1.82) is 0 Å². The van der Waals surface area contributed by atoms with Crippen LogP contribution in [-0.4, -0.2) is 49.2 Å². The standard InChI is InChI=1S/C15H14O3.Ca.H2O/c1-11(15(16)17)12-6-5-9-14(10-12)18-13-7-3-2-4-8-13;;/h2-11H,1H3,(H,16,17);;1H2/q;+2;/p-1. The van der Waals surface area contributed by atoms with Crippen molar-refractivity contribution >= 4 is 43.7 Å². The van der Waals surface area contributed by atoms with Gasteiger partial charge in [0.05, 0.1) is 0 Å². The van der Waals surface area contributed by atoms with Gasteiger partial charge in [-0.1, -0.05) is 37.3 Å². The summed E-state index contributed by atoms with van der Waals surface area (Å²) >= 11 is 0. The van der Waals surface area contributed by atoms with Crippen molar-refractivity contribution in [2.75, 3.05) is 0 Å². The summed E-state index contributed by atoms with van der Waals surface area (Å²) in [6.07, 6.45) is 0. The first-order valence-electron chi connectivity index (χ1n) is 5.70. The number of carbonyl (C=O) groups excluding carboxylic acids is 1. The fourth-order valence-electron chi connectivity index (χ4n) is 1.61. The van der Waals surface area contributed by atoms with Gasteiger partial charge in [0, 0.05) is 11.9 Å². The molecule has 0 bridgehead atoms. The molecule has 4 nitrogen and oxygen atoms in total. The van der Waals surface area contributed by atoms with E-state index in [0.29, 0.717) is 11.3 Å². The van der Waals surface area contributed by atoms with Crippen LogP contribution in [0.3, 0.4) is 0 Å². The zero-order valence-corrected chi connectivity index (χ0v) is 13.4. The molecule has 0 amide bonds. The summed E-state index contributed by atoms with van der Waals surface area (Å²) in [6, 6.07) is 16.4. The molecule has 0 spiro atoms. The number of aliphatic carboxylic acids is 1. The molecule has 0 aliphatic carbocycles. The topological polar surface area (TPSA) is 80.9 Å². The van der Waals surface area contributed by atoms with E-state index in [2.05, 4.69) is 0 Å². The van der Waals surface area contributed by atoms with Crippen LogP contribution in [0.25, 0.3) is 0 Å². The molecule has 0 aromatic heterocycles. The molecule has 20 heavy (non-hydrogen) atoms. The van der Waals surface area contributed by atoms with Gasteiger partial charge in [-0.2, -0.15) is 0 Å². The van der Waals surface area contributed by atoms with E-state index in [1.807, 2.05) is 30.3 Å². The van der Waals surface area contributed by atoms with Crippen LogP contribution in [0, 0.1) is 0 Å². The predicted octanol–water partition coefficient (Wildman–Crippen LogP) is 1.13. The van der Waals surface area contributed by atoms with Crippen LogP contribution in [0.2, 0.25) is 0 Å². The van der Waals surface area contributed by atoms with Gasteiger partial charge in [-0.3, -0.25) is 0 Å². The van der Waals surface area contributed by atoms with Crippen molar-refractivity contribution in [2.24, 2.45) is 0 Å². The van der Waals surface area contributed by atoms with E-state index >= 15 is 0 Å². The average molecular weight is 299 g/mol. The minimum absolute atomic E-state index is 0. The van der Waals surface area contributed by atoms with Gasteiger partial charge < -0.3 is 20.1 Å². The molecule has 0 saturated heterocycles. The van der Waals surface area contributed by atoms with Crippen LogP contribution >= 0.6 is 0 Å². The molecule has 2 N–H and O–H groups in total. The van der Waals surface area contributed by atoms with Crippen molar-refractivity contribution in [3.05, 3.63) is 60.2 Å². The maximum atomic E-state index is 10.8. The van der Waals surface area contributed by atoms with E-state index in [1.165, 1.54) is 0 Å². The summed E-state index contributed by atoms with van der Waals surface area (Å²) in [5, 5.41) is 10.8. The van der Waals surface area contributed by atoms with E-state index in [1.54, 1.807) is 31.2 Å². The smallest absolute Gasteiger partial charge is 0.550 e. The number of rotatable bonds is 4. The fourth-order valence-corrected chi connectivity index (χ4v) is 1.61. The van der Waals surface area contributed by atoms with Crippen LogP contribution in [-0.2, 0) is 4.79 Å². The van der Waals surface area contributed by atoms with Gasteiger partial charge in [-0.15, -0.1) is 0 Å². The Bertz CT molecular complexity index is 543. The second-order valence-corrected chi connectivity index (χ2v) is 4.03. The predicted molar refractivity (Wildman–Crippen MR) is 75.7 cm³/mol. The molecular weight excluding hydrogens is 284 g/mol. The number of hydrogen-bond donors (Lipinski definition) is 0. The number of benzene rings is 2. The molecule has 2 rings (SSSR count). The molecule has 0 fully saturated rings. The third-order valence-electron chi connectivity index (χ3n) is 2.69. The van der Waals surface area contributed by atoms with E-state index in [-0.39, 0.29) is 43.2 Å². The van der Waals surface area contributed by atoms with Crippen LogP contribution in [0.1, 0.15) is 18.4 Å². The first-order chi connectivity index (χ1) is 8.66. The summed E-state index contributed by atoms with van der Waals surface area (Å²) in [5.74, 6) is -0.404. The molecular formula is C15H15CaO4+. The molecule has 2 aromatic rings. The van der Waals surface area contributed by atoms with Crippen LogP contribution in [0.4, 0.5) is 0 Å². The first-order valence-corrected chi connectivity index (χ1v) is 5.70. The molecule has 1 unspecified atom stereocenters. The second kappa shape index (κ2) is 8.97. The summed E-state index contributed by atoms with van der Waals surface area (Å²) in [5.41, 5.74) is 0.670. The van der Waals surface area contributed by atoms with E-state index in [0.717, 1.165) is 5.75 Å². The summed E-state index contributed by atoms with van der Waals surface area (Å²) < 4.78 is 5.64. The Labute approximate surface area is 147 Å². The molecule has 0 radical (unpaired) electrons. The Kier molecular flexibility index (Phi) is 8.49. The number of carboxylic acids is 1. The van der Waals surface area contributed by atoms with Crippen molar-refractivity contribution in [3.63, 3.8) is 0 Å². The van der Waals surface area contributed by atoms with Crippen molar-refractivity contribution in [2.45, 2.75) is 12.8 Å². The minimum Gasteiger partial charge on any atom is -0.550 e. The second-order valence-electron chi connectivity index (χ2n) is 4.03. The quantitative estimate of drug-likeness (QED) is 0.794.